The van der Waals surface area contributed by atoms with Crippen LogP contribution < -0.4 is 26.4 Å². The largest absolute Gasteiger partial charge is 0.497 e. The first kappa shape index (κ1) is 26.6. The van der Waals surface area contributed by atoms with E-state index in [0.717, 1.165) is 6.42 Å². The summed E-state index contributed by atoms with van der Waals surface area (Å²) in [7, 11) is 1.52. The number of amides is 3. The van der Waals surface area contributed by atoms with Crippen molar-refractivity contribution in [2.45, 2.75) is 26.3 Å². The summed E-state index contributed by atoms with van der Waals surface area (Å²) in [4.78, 5) is 40.3. The summed E-state index contributed by atoms with van der Waals surface area (Å²) >= 11 is 0.698. The minimum absolute atomic E-state index is 0.0679. The number of nitrogens with zero attached hydrogens (tertiary/aromatic N) is 2. The highest BCUT2D eigenvalue weighted by Gasteiger charge is 2.36. The van der Waals surface area contributed by atoms with Crippen LogP contribution in [0.3, 0.4) is 0 Å². The molecular weight excluding hydrogens is 485 g/mol. The number of nitrogen functional groups attached to an aromatic ring is 1. The van der Waals surface area contributed by atoms with Gasteiger partial charge < -0.3 is 21.5 Å². The number of carbonyl (C=O) groups excluding carboxylic acids is 3. The van der Waals surface area contributed by atoms with E-state index < -0.39 is 29.6 Å². The molecule has 0 aliphatic rings. The number of rotatable bonds is 10. The molecule has 3 amide bonds. The second kappa shape index (κ2) is 11.6. The summed E-state index contributed by atoms with van der Waals surface area (Å²) in [5.41, 5.74) is 11.7. The van der Waals surface area contributed by atoms with E-state index in [9.17, 15) is 18.8 Å². The first-order chi connectivity index (χ1) is 17.1. The molecule has 11 heteroatoms. The molecule has 0 saturated carbocycles. The quantitative estimate of drug-likeness (QED) is 0.379. The molecule has 2 aromatic carbocycles. The molecule has 0 aliphatic carbocycles. The maximum atomic E-state index is 13.9. The van der Waals surface area contributed by atoms with E-state index >= 15 is 0 Å². The van der Waals surface area contributed by atoms with Crippen molar-refractivity contribution in [1.82, 2.24) is 9.69 Å². The van der Waals surface area contributed by atoms with Crippen molar-refractivity contribution in [3.63, 3.8) is 0 Å². The lowest BCUT2D eigenvalue weighted by atomic mass is 10.0. The number of nitrogens with one attached hydrogen (secondary N) is 1. The monoisotopic (exact) mass is 513 g/mol. The number of hydrogen-bond donors (Lipinski definition) is 3. The van der Waals surface area contributed by atoms with E-state index in [1.54, 1.807) is 24.3 Å². The number of nitrogens with two attached hydrogens (primary N) is 2. The van der Waals surface area contributed by atoms with Crippen molar-refractivity contribution >= 4 is 40.6 Å². The number of benzene rings is 2. The van der Waals surface area contributed by atoms with E-state index in [-0.39, 0.29) is 21.9 Å². The molecule has 0 bridgehead atoms. The Morgan fingerprint density at radius 1 is 1.11 bits per heavy atom. The van der Waals surface area contributed by atoms with Gasteiger partial charge in [-0.25, -0.2) is 4.39 Å². The predicted octanol–water partition coefficient (Wildman–Crippen LogP) is 3.52. The van der Waals surface area contributed by atoms with Gasteiger partial charge in [-0.1, -0.05) is 26.0 Å². The van der Waals surface area contributed by atoms with Gasteiger partial charge >= 0.3 is 0 Å². The van der Waals surface area contributed by atoms with Crippen molar-refractivity contribution in [3.8, 4) is 5.75 Å². The summed E-state index contributed by atoms with van der Waals surface area (Å²) in [5.74, 6) is -1.62. The SMILES string of the molecule is COc1ccc(C(C(=O)NCCC(C)C)N(C(=O)c2snc(C(N)=O)c2N)c2ccc(F)cc2)cc1. The molecule has 9 nitrogen and oxygen atoms in total. The Morgan fingerprint density at radius 3 is 2.28 bits per heavy atom. The predicted molar refractivity (Wildman–Crippen MR) is 136 cm³/mol. The third kappa shape index (κ3) is 5.98. The van der Waals surface area contributed by atoms with E-state index in [1.807, 2.05) is 13.8 Å². The summed E-state index contributed by atoms with van der Waals surface area (Å²) in [6.07, 6.45) is 0.731. The first-order valence-corrected chi connectivity index (χ1v) is 12.0. The fourth-order valence-electron chi connectivity index (χ4n) is 3.51. The first-order valence-electron chi connectivity index (χ1n) is 11.2. The number of methoxy groups -OCH3 is 1. The molecule has 0 aliphatic heterocycles. The average molecular weight is 514 g/mol. The molecule has 1 unspecified atom stereocenters. The fourth-order valence-corrected chi connectivity index (χ4v) is 4.25. The normalized spacial score (nSPS) is 11.7. The maximum Gasteiger partial charge on any atom is 0.273 e. The van der Waals surface area contributed by atoms with Crippen LogP contribution in [0.25, 0.3) is 0 Å². The number of carbonyl (C=O) groups is 3. The van der Waals surface area contributed by atoms with E-state index in [0.29, 0.717) is 35.3 Å². The molecule has 190 valence electrons. The molecule has 0 spiro atoms. The van der Waals surface area contributed by atoms with Gasteiger partial charge in [0.2, 0.25) is 5.91 Å². The maximum absolute atomic E-state index is 13.9. The highest BCUT2D eigenvalue weighted by Crippen LogP contribution is 2.33. The number of ether oxygens (including phenoxy) is 1. The zero-order chi connectivity index (χ0) is 26.4. The minimum Gasteiger partial charge on any atom is -0.497 e. The second-order valence-electron chi connectivity index (χ2n) is 8.44. The van der Waals surface area contributed by atoms with Crippen LogP contribution in [0.5, 0.6) is 5.75 Å². The van der Waals surface area contributed by atoms with E-state index in [4.69, 9.17) is 16.2 Å². The van der Waals surface area contributed by atoms with Gasteiger partial charge in [-0.2, -0.15) is 4.37 Å². The van der Waals surface area contributed by atoms with Gasteiger partial charge in [-0.05, 0) is 65.8 Å². The fraction of sp³-hybridized carbons (Fsp3) is 0.280. The van der Waals surface area contributed by atoms with Crippen LogP contribution in [0.1, 0.15) is 52.0 Å². The molecule has 0 fully saturated rings. The number of aromatic nitrogens is 1. The molecule has 5 N–H and O–H groups in total. The van der Waals surface area contributed by atoms with Crippen molar-refractivity contribution in [2.24, 2.45) is 11.7 Å². The Balaban J connectivity index is 2.15. The lowest BCUT2D eigenvalue weighted by molar-refractivity contribution is -0.122. The lowest BCUT2D eigenvalue weighted by Gasteiger charge is -2.31. The van der Waals surface area contributed by atoms with Crippen molar-refractivity contribution in [3.05, 3.63) is 70.5 Å². The Kier molecular flexibility index (Phi) is 8.59. The third-order valence-electron chi connectivity index (χ3n) is 5.44. The summed E-state index contributed by atoms with van der Waals surface area (Å²) in [5, 5.41) is 2.89. The molecule has 1 heterocycles. The Labute approximate surface area is 212 Å². The van der Waals surface area contributed by atoms with Gasteiger partial charge in [-0.3, -0.25) is 19.3 Å². The smallest absolute Gasteiger partial charge is 0.273 e. The van der Waals surface area contributed by atoms with Crippen LogP contribution in [-0.2, 0) is 4.79 Å². The van der Waals surface area contributed by atoms with Gasteiger partial charge in [0.05, 0.1) is 12.8 Å². The van der Waals surface area contributed by atoms with Crippen LogP contribution >= 0.6 is 11.5 Å². The average Bonchev–Trinajstić information content (AvgIpc) is 3.24. The summed E-state index contributed by atoms with van der Waals surface area (Å²) in [6, 6.07) is 10.7. The lowest BCUT2D eigenvalue weighted by Crippen LogP contribution is -2.44. The van der Waals surface area contributed by atoms with Crippen LogP contribution in [0.15, 0.2) is 48.5 Å². The standard InChI is InChI=1S/C25H28FN5O4S/c1-14(2)12-13-29-24(33)21(15-4-10-18(35-3)11-5-15)31(17-8-6-16(26)7-9-17)25(34)22-19(27)20(23(28)32)30-36-22/h4-11,14,21H,12-13,27H2,1-3H3,(H2,28,32)(H,29,33). The summed E-state index contributed by atoms with van der Waals surface area (Å²) < 4.78 is 22.9. The summed E-state index contributed by atoms with van der Waals surface area (Å²) in [6.45, 7) is 4.46. The highest BCUT2D eigenvalue weighted by atomic mass is 32.1. The van der Waals surface area contributed by atoms with Crippen LogP contribution in [0.4, 0.5) is 15.8 Å². The van der Waals surface area contributed by atoms with Gasteiger partial charge in [0.25, 0.3) is 11.8 Å². The molecule has 36 heavy (non-hydrogen) atoms. The van der Waals surface area contributed by atoms with E-state index in [1.165, 1.54) is 36.3 Å². The highest BCUT2D eigenvalue weighted by molar-refractivity contribution is 7.09. The molecule has 3 rings (SSSR count). The van der Waals surface area contributed by atoms with Crippen LogP contribution in [-0.4, -0.2) is 35.7 Å². The zero-order valence-corrected chi connectivity index (χ0v) is 21.0. The van der Waals surface area contributed by atoms with Gasteiger partial charge in [-0.15, -0.1) is 0 Å². The van der Waals surface area contributed by atoms with Crippen LogP contribution in [0, 0.1) is 11.7 Å². The molecular formula is C25H28FN5O4S. The van der Waals surface area contributed by atoms with Crippen molar-refractivity contribution in [1.29, 1.82) is 0 Å². The van der Waals surface area contributed by atoms with Gasteiger partial charge in [0.1, 0.15) is 22.5 Å². The zero-order valence-electron chi connectivity index (χ0n) is 20.2. The minimum atomic E-state index is -1.15. The number of hydrogen-bond acceptors (Lipinski definition) is 7. The van der Waals surface area contributed by atoms with Crippen molar-refractivity contribution in [2.75, 3.05) is 24.3 Å². The Hall–Kier alpha value is -3.99. The molecule has 1 aromatic heterocycles. The Bertz CT molecular complexity index is 1230. The Morgan fingerprint density at radius 2 is 1.75 bits per heavy atom. The third-order valence-corrected chi connectivity index (χ3v) is 6.29. The number of halogens is 1. The molecule has 0 saturated heterocycles. The van der Waals surface area contributed by atoms with E-state index in [2.05, 4.69) is 9.69 Å². The van der Waals surface area contributed by atoms with Crippen LogP contribution in [0.2, 0.25) is 0 Å². The molecule has 1 atom stereocenters. The molecule has 3 aromatic rings. The second-order valence-corrected chi connectivity index (χ2v) is 9.21. The number of primary amides is 1. The van der Waals surface area contributed by atoms with Gasteiger partial charge in [0.15, 0.2) is 5.69 Å². The molecule has 0 radical (unpaired) electrons. The van der Waals surface area contributed by atoms with Gasteiger partial charge in [0, 0.05) is 12.2 Å². The number of anilines is 2. The topological polar surface area (TPSA) is 141 Å². The van der Waals surface area contributed by atoms with Crippen molar-refractivity contribution < 1.29 is 23.5 Å².